The molecule has 4 rings (SSSR count). The van der Waals surface area contributed by atoms with Gasteiger partial charge >= 0.3 is 0 Å². The SMILES string of the molecule is Cc1ccc(-n2cc(CN(C)C(=O)c3ccc4c(C#N)c[nH]c4c3)nn2)c(F)c1. The number of hydrogen-bond donors (Lipinski definition) is 1. The molecule has 0 saturated heterocycles. The Morgan fingerprint density at radius 1 is 1.31 bits per heavy atom. The minimum absolute atomic E-state index is 0.198. The molecule has 0 aliphatic heterocycles. The maximum absolute atomic E-state index is 14.1. The number of amides is 1. The summed E-state index contributed by atoms with van der Waals surface area (Å²) in [6, 6.07) is 12.1. The number of nitriles is 1. The summed E-state index contributed by atoms with van der Waals surface area (Å²) in [6.07, 6.45) is 3.22. The van der Waals surface area contributed by atoms with Crippen LogP contribution >= 0.6 is 0 Å². The highest BCUT2D eigenvalue weighted by Crippen LogP contribution is 2.20. The highest BCUT2D eigenvalue weighted by molar-refractivity contribution is 5.98. The van der Waals surface area contributed by atoms with Crippen molar-refractivity contribution in [2.24, 2.45) is 0 Å². The van der Waals surface area contributed by atoms with Crippen LogP contribution in [0.1, 0.15) is 27.2 Å². The highest BCUT2D eigenvalue weighted by Gasteiger charge is 2.16. The largest absolute Gasteiger partial charge is 0.360 e. The molecular formula is C21H17FN6O. The van der Waals surface area contributed by atoms with Gasteiger partial charge in [-0.3, -0.25) is 4.79 Å². The van der Waals surface area contributed by atoms with Crippen LogP contribution in [0.4, 0.5) is 4.39 Å². The van der Waals surface area contributed by atoms with Gasteiger partial charge in [-0.1, -0.05) is 17.3 Å². The van der Waals surface area contributed by atoms with Crippen LogP contribution in [0.25, 0.3) is 16.6 Å². The van der Waals surface area contributed by atoms with Crippen LogP contribution in [-0.2, 0) is 6.54 Å². The van der Waals surface area contributed by atoms with Crippen LogP contribution in [0.15, 0.2) is 48.8 Å². The Balaban J connectivity index is 1.52. The predicted molar refractivity (Wildman–Crippen MR) is 105 cm³/mol. The number of aromatic amines is 1. The van der Waals surface area contributed by atoms with Crippen molar-refractivity contribution in [3.05, 3.63) is 77.0 Å². The molecule has 0 unspecified atom stereocenters. The number of halogens is 1. The molecule has 0 aliphatic rings. The second-order valence-corrected chi connectivity index (χ2v) is 6.85. The number of aromatic nitrogens is 4. The van der Waals surface area contributed by atoms with E-state index in [1.165, 1.54) is 15.6 Å². The van der Waals surface area contributed by atoms with Crippen molar-refractivity contribution in [2.75, 3.05) is 7.05 Å². The Morgan fingerprint density at radius 2 is 2.14 bits per heavy atom. The lowest BCUT2D eigenvalue weighted by Gasteiger charge is -2.15. The molecule has 0 aliphatic carbocycles. The Kier molecular flexibility index (Phi) is 4.56. The van der Waals surface area contributed by atoms with Gasteiger partial charge in [0, 0.05) is 29.7 Å². The molecule has 29 heavy (non-hydrogen) atoms. The number of rotatable bonds is 4. The predicted octanol–water partition coefficient (Wildman–Crippen LogP) is 3.34. The monoisotopic (exact) mass is 388 g/mol. The second kappa shape index (κ2) is 7.20. The van der Waals surface area contributed by atoms with Crippen molar-refractivity contribution >= 4 is 16.8 Å². The Hall–Kier alpha value is -3.99. The van der Waals surface area contributed by atoms with E-state index in [2.05, 4.69) is 21.4 Å². The number of carbonyl (C=O) groups excluding carboxylic acids is 1. The standard InChI is InChI=1S/C21H17FN6O/c1-13-3-6-20(18(22)7-13)28-12-16(25-26-28)11-27(2)21(29)14-4-5-17-15(9-23)10-24-19(17)8-14/h3-8,10,12,24H,11H2,1-2H3. The molecule has 0 radical (unpaired) electrons. The number of H-pyrrole nitrogens is 1. The average molecular weight is 388 g/mol. The summed E-state index contributed by atoms with van der Waals surface area (Å²) < 4.78 is 15.5. The fourth-order valence-corrected chi connectivity index (χ4v) is 3.17. The molecule has 2 aromatic heterocycles. The van der Waals surface area contributed by atoms with Crippen LogP contribution in [0.2, 0.25) is 0 Å². The molecule has 1 N–H and O–H groups in total. The molecular weight excluding hydrogens is 371 g/mol. The van der Waals surface area contributed by atoms with Crippen LogP contribution in [-0.4, -0.2) is 37.8 Å². The van der Waals surface area contributed by atoms with Crippen LogP contribution in [0.5, 0.6) is 0 Å². The molecule has 7 nitrogen and oxygen atoms in total. The molecule has 4 aromatic rings. The zero-order valence-electron chi connectivity index (χ0n) is 15.8. The maximum atomic E-state index is 14.1. The van der Waals surface area contributed by atoms with Crippen molar-refractivity contribution in [3.8, 4) is 11.8 Å². The van der Waals surface area contributed by atoms with Gasteiger partial charge in [-0.25, -0.2) is 9.07 Å². The van der Waals surface area contributed by atoms with E-state index >= 15 is 0 Å². The molecule has 8 heteroatoms. The number of benzene rings is 2. The van der Waals surface area contributed by atoms with Gasteiger partial charge in [-0.2, -0.15) is 5.26 Å². The normalized spacial score (nSPS) is 10.8. The molecule has 0 bridgehead atoms. The minimum atomic E-state index is -0.387. The Bertz CT molecular complexity index is 1270. The zero-order chi connectivity index (χ0) is 20.5. The first-order valence-corrected chi connectivity index (χ1v) is 8.90. The maximum Gasteiger partial charge on any atom is 0.254 e. The van der Waals surface area contributed by atoms with E-state index in [-0.39, 0.29) is 18.3 Å². The van der Waals surface area contributed by atoms with Crippen LogP contribution in [0, 0.1) is 24.1 Å². The van der Waals surface area contributed by atoms with Crippen molar-refractivity contribution in [2.45, 2.75) is 13.5 Å². The molecule has 0 fully saturated rings. The summed E-state index contributed by atoms with van der Waals surface area (Å²) in [4.78, 5) is 17.3. The van der Waals surface area contributed by atoms with E-state index in [0.717, 1.165) is 16.5 Å². The average Bonchev–Trinajstić information content (AvgIpc) is 3.33. The van der Waals surface area contributed by atoms with Crippen molar-refractivity contribution in [1.29, 1.82) is 5.26 Å². The van der Waals surface area contributed by atoms with E-state index < -0.39 is 0 Å². The van der Waals surface area contributed by atoms with E-state index in [1.807, 2.05) is 6.92 Å². The lowest BCUT2D eigenvalue weighted by Crippen LogP contribution is -2.26. The third kappa shape index (κ3) is 3.46. The van der Waals surface area contributed by atoms with Gasteiger partial charge in [0.2, 0.25) is 0 Å². The third-order valence-electron chi connectivity index (χ3n) is 4.69. The molecule has 1 amide bonds. The van der Waals surface area contributed by atoms with Crippen molar-refractivity contribution in [3.63, 3.8) is 0 Å². The van der Waals surface area contributed by atoms with Gasteiger partial charge in [-0.15, -0.1) is 5.10 Å². The molecule has 144 valence electrons. The lowest BCUT2D eigenvalue weighted by atomic mass is 10.1. The molecule has 0 saturated carbocycles. The van der Waals surface area contributed by atoms with Gasteiger partial charge in [-0.05, 0) is 36.8 Å². The number of nitrogens with zero attached hydrogens (tertiary/aromatic N) is 5. The van der Waals surface area contributed by atoms with Gasteiger partial charge in [0.05, 0.1) is 18.3 Å². The summed E-state index contributed by atoms with van der Waals surface area (Å²) in [5.74, 6) is -0.585. The number of hydrogen-bond acceptors (Lipinski definition) is 4. The smallest absolute Gasteiger partial charge is 0.254 e. The summed E-state index contributed by atoms with van der Waals surface area (Å²) in [5, 5.41) is 17.9. The van der Waals surface area contributed by atoms with Crippen molar-refractivity contribution < 1.29 is 9.18 Å². The van der Waals surface area contributed by atoms with E-state index in [1.54, 1.807) is 49.8 Å². The quantitative estimate of drug-likeness (QED) is 0.580. The Labute approximate surface area is 166 Å². The summed E-state index contributed by atoms with van der Waals surface area (Å²) in [7, 11) is 1.66. The molecule has 0 atom stereocenters. The van der Waals surface area contributed by atoms with E-state index in [9.17, 15) is 9.18 Å². The fraction of sp³-hybridized carbons (Fsp3) is 0.143. The summed E-state index contributed by atoms with van der Waals surface area (Å²) in [5.41, 5.74) is 3.40. The molecule has 2 heterocycles. The summed E-state index contributed by atoms with van der Waals surface area (Å²) >= 11 is 0. The first-order chi connectivity index (χ1) is 14.0. The molecule has 2 aromatic carbocycles. The summed E-state index contributed by atoms with van der Waals surface area (Å²) in [6.45, 7) is 2.03. The van der Waals surface area contributed by atoms with Gasteiger partial charge in [0.25, 0.3) is 5.91 Å². The second-order valence-electron chi connectivity index (χ2n) is 6.85. The van der Waals surface area contributed by atoms with Gasteiger partial charge in [0.1, 0.15) is 23.3 Å². The first-order valence-electron chi connectivity index (χ1n) is 8.90. The van der Waals surface area contributed by atoms with Crippen molar-refractivity contribution in [1.82, 2.24) is 24.9 Å². The van der Waals surface area contributed by atoms with Crippen LogP contribution < -0.4 is 0 Å². The van der Waals surface area contributed by atoms with Gasteiger partial charge < -0.3 is 9.88 Å². The van der Waals surface area contributed by atoms with Gasteiger partial charge in [0.15, 0.2) is 0 Å². The molecule has 0 spiro atoms. The number of carbonyl (C=O) groups is 1. The van der Waals surface area contributed by atoms with E-state index in [0.29, 0.717) is 22.5 Å². The number of aryl methyl sites for hydroxylation is 1. The Morgan fingerprint density at radius 3 is 2.90 bits per heavy atom. The number of nitrogens with one attached hydrogen (secondary N) is 1. The van der Waals surface area contributed by atoms with Crippen LogP contribution in [0.3, 0.4) is 0 Å². The minimum Gasteiger partial charge on any atom is -0.360 e. The topological polar surface area (TPSA) is 90.6 Å². The van der Waals surface area contributed by atoms with E-state index in [4.69, 9.17) is 5.26 Å². The number of fused-ring (bicyclic) bond motifs is 1. The third-order valence-corrected chi connectivity index (χ3v) is 4.69. The lowest BCUT2D eigenvalue weighted by molar-refractivity contribution is 0.0783. The zero-order valence-corrected chi connectivity index (χ0v) is 15.8. The first kappa shape index (κ1) is 18.4. The highest BCUT2D eigenvalue weighted by atomic mass is 19.1. The fourth-order valence-electron chi connectivity index (χ4n) is 3.17.